The SMILES string of the molecule is CCCN(CCOc1ccc(/C=C/C(=O)OC)cc1)C(=O)c1ccccc1. The average Bonchev–Trinajstić information content (AvgIpc) is 2.72. The highest BCUT2D eigenvalue weighted by Crippen LogP contribution is 2.14. The lowest BCUT2D eigenvalue weighted by Gasteiger charge is -2.22. The quantitative estimate of drug-likeness (QED) is 0.500. The van der Waals surface area contributed by atoms with Gasteiger partial charge in [0.15, 0.2) is 0 Å². The van der Waals surface area contributed by atoms with Crippen LogP contribution in [0, 0.1) is 0 Å². The molecule has 5 heteroatoms. The van der Waals surface area contributed by atoms with Crippen molar-refractivity contribution >= 4 is 18.0 Å². The summed E-state index contributed by atoms with van der Waals surface area (Å²) in [5.41, 5.74) is 1.56. The molecule has 0 aliphatic heterocycles. The van der Waals surface area contributed by atoms with Crippen molar-refractivity contribution in [3.8, 4) is 5.75 Å². The van der Waals surface area contributed by atoms with Gasteiger partial charge >= 0.3 is 5.97 Å². The summed E-state index contributed by atoms with van der Waals surface area (Å²) < 4.78 is 10.3. The number of amides is 1. The van der Waals surface area contributed by atoms with Crippen LogP contribution in [-0.2, 0) is 9.53 Å². The highest BCUT2D eigenvalue weighted by Gasteiger charge is 2.14. The molecule has 0 aromatic heterocycles. The van der Waals surface area contributed by atoms with E-state index in [9.17, 15) is 9.59 Å². The Balaban J connectivity index is 1.88. The Morgan fingerprint density at radius 2 is 1.70 bits per heavy atom. The minimum absolute atomic E-state index is 0.0179. The zero-order valence-corrected chi connectivity index (χ0v) is 15.8. The Morgan fingerprint density at radius 1 is 1.00 bits per heavy atom. The van der Waals surface area contributed by atoms with Crippen molar-refractivity contribution in [3.05, 3.63) is 71.8 Å². The molecule has 0 unspecified atom stereocenters. The molecule has 0 heterocycles. The van der Waals surface area contributed by atoms with E-state index in [1.54, 1.807) is 6.08 Å². The zero-order chi connectivity index (χ0) is 19.5. The average molecular weight is 367 g/mol. The Bertz CT molecular complexity index is 754. The molecule has 0 aliphatic rings. The van der Waals surface area contributed by atoms with Crippen LogP contribution in [0.4, 0.5) is 0 Å². The van der Waals surface area contributed by atoms with E-state index < -0.39 is 5.97 Å². The van der Waals surface area contributed by atoms with Gasteiger partial charge in [-0.15, -0.1) is 0 Å². The van der Waals surface area contributed by atoms with Crippen molar-refractivity contribution < 1.29 is 19.1 Å². The number of hydrogen-bond donors (Lipinski definition) is 0. The fourth-order valence-electron chi connectivity index (χ4n) is 2.53. The summed E-state index contributed by atoms with van der Waals surface area (Å²) in [6.45, 7) is 3.67. The van der Waals surface area contributed by atoms with Gasteiger partial charge in [-0.25, -0.2) is 4.79 Å². The van der Waals surface area contributed by atoms with Crippen LogP contribution in [0.5, 0.6) is 5.75 Å². The van der Waals surface area contributed by atoms with Crippen molar-refractivity contribution in [3.63, 3.8) is 0 Å². The highest BCUT2D eigenvalue weighted by molar-refractivity contribution is 5.94. The van der Waals surface area contributed by atoms with Gasteiger partial charge in [0.1, 0.15) is 12.4 Å². The molecule has 2 aromatic rings. The van der Waals surface area contributed by atoms with Gasteiger partial charge in [0, 0.05) is 18.2 Å². The van der Waals surface area contributed by atoms with Gasteiger partial charge in [0.05, 0.1) is 13.7 Å². The molecule has 0 spiro atoms. The van der Waals surface area contributed by atoms with Crippen LogP contribution < -0.4 is 4.74 Å². The van der Waals surface area contributed by atoms with Crippen molar-refractivity contribution in [2.75, 3.05) is 26.8 Å². The number of carbonyl (C=O) groups excluding carboxylic acids is 2. The second-order valence-electron chi connectivity index (χ2n) is 5.93. The minimum Gasteiger partial charge on any atom is -0.492 e. The van der Waals surface area contributed by atoms with E-state index in [4.69, 9.17) is 4.74 Å². The number of methoxy groups -OCH3 is 1. The maximum absolute atomic E-state index is 12.6. The first-order chi connectivity index (χ1) is 13.1. The molecule has 142 valence electrons. The van der Waals surface area contributed by atoms with E-state index in [-0.39, 0.29) is 5.91 Å². The van der Waals surface area contributed by atoms with E-state index in [1.165, 1.54) is 13.2 Å². The number of carbonyl (C=O) groups is 2. The van der Waals surface area contributed by atoms with Crippen molar-refractivity contribution in [2.24, 2.45) is 0 Å². The van der Waals surface area contributed by atoms with Gasteiger partial charge in [0.2, 0.25) is 0 Å². The predicted octanol–water partition coefficient (Wildman–Crippen LogP) is 3.80. The Morgan fingerprint density at radius 3 is 2.33 bits per heavy atom. The van der Waals surface area contributed by atoms with Crippen LogP contribution >= 0.6 is 0 Å². The van der Waals surface area contributed by atoms with Crippen LogP contribution in [-0.4, -0.2) is 43.6 Å². The number of hydrogen-bond acceptors (Lipinski definition) is 4. The van der Waals surface area contributed by atoms with Gasteiger partial charge in [-0.1, -0.05) is 37.3 Å². The third kappa shape index (κ3) is 6.62. The van der Waals surface area contributed by atoms with Crippen molar-refractivity contribution in [1.29, 1.82) is 0 Å². The molecule has 1 amide bonds. The summed E-state index contributed by atoms with van der Waals surface area (Å²) in [5.74, 6) is 0.340. The molecule has 2 aromatic carbocycles. The summed E-state index contributed by atoms with van der Waals surface area (Å²) in [7, 11) is 1.34. The zero-order valence-electron chi connectivity index (χ0n) is 15.8. The van der Waals surface area contributed by atoms with Crippen LogP contribution in [0.15, 0.2) is 60.7 Å². The summed E-state index contributed by atoms with van der Waals surface area (Å²) in [6, 6.07) is 16.7. The normalized spacial score (nSPS) is 10.6. The molecular formula is C22H25NO4. The number of esters is 1. The van der Waals surface area contributed by atoms with Gasteiger partial charge in [0.25, 0.3) is 5.91 Å². The first kappa shape index (κ1) is 20.2. The lowest BCUT2D eigenvalue weighted by Crippen LogP contribution is -2.35. The monoisotopic (exact) mass is 367 g/mol. The molecule has 0 N–H and O–H groups in total. The smallest absolute Gasteiger partial charge is 0.330 e. The van der Waals surface area contributed by atoms with Crippen LogP contribution in [0.3, 0.4) is 0 Å². The van der Waals surface area contributed by atoms with Gasteiger partial charge < -0.3 is 14.4 Å². The summed E-state index contributed by atoms with van der Waals surface area (Å²) >= 11 is 0. The fourth-order valence-corrected chi connectivity index (χ4v) is 2.53. The topological polar surface area (TPSA) is 55.8 Å². The molecule has 0 saturated carbocycles. The summed E-state index contributed by atoms with van der Waals surface area (Å²) in [6.07, 6.45) is 3.94. The maximum atomic E-state index is 12.6. The summed E-state index contributed by atoms with van der Waals surface area (Å²) in [4.78, 5) is 25.5. The Labute approximate surface area is 160 Å². The van der Waals surface area contributed by atoms with E-state index in [0.29, 0.717) is 31.0 Å². The first-order valence-corrected chi connectivity index (χ1v) is 8.97. The van der Waals surface area contributed by atoms with E-state index >= 15 is 0 Å². The number of nitrogens with zero attached hydrogens (tertiary/aromatic N) is 1. The van der Waals surface area contributed by atoms with Crippen LogP contribution in [0.2, 0.25) is 0 Å². The number of ether oxygens (including phenoxy) is 2. The molecule has 0 radical (unpaired) electrons. The van der Waals surface area contributed by atoms with Gasteiger partial charge in [-0.3, -0.25) is 4.79 Å². The minimum atomic E-state index is -0.394. The summed E-state index contributed by atoms with van der Waals surface area (Å²) in [5, 5.41) is 0. The number of rotatable bonds is 9. The lowest BCUT2D eigenvalue weighted by molar-refractivity contribution is -0.134. The number of benzene rings is 2. The molecule has 0 saturated heterocycles. The second kappa shape index (κ2) is 10.8. The van der Waals surface area contributed by atoms with Gasteiger partial charge in [-0.05, 0) is 42.3 Å². The molecular weight excluding hydrogens is 342 g/mol. The molecule has 0 bridgehead atoms. The largest absolute Gasteiger partial charge is 0.492 e. The van der Waals surface area contributed by atoms with E-state index in [2.05, 4.69) is 4.74 Å². The Hall–Kier alpha value is -3.08. The lowest BCUT2D eigenvalue weighted by atomic mass is 10.2. The van der Waals surface area contributed by atoms with E-state index in [0.717, 1.165) is 12.0 Å². The third-order valence-electron chi connectivity index (χ3n) is 3.92. The molecule has 5 nitrogen and oxygen atoms in total. The van der Waals surface area contributed by atoms with Crippen molar-refractivity contribution in [1.82, 2.24) is 4.90 Å². The van der Waals surface area contributed by atoms with Gasteiger partial charge in [-0.2, -0.15) is 0 Å². The standard InChI is InChI=1S/C22H25NO4/c1-3-15-23(22(25)19-7-5-4-6-8-19)16-17-27-20-12-9-18(10-13-20)11-14-21(24)26-2/h4-14H,3,15-17H2,1-2H3/b14-11+. The highest BCUT2D eigenvalue weighted by atomic mass is 16.5. The third-order valence-corrected chi connectivity index (χ3v) is 3.92. The van der Waals surface area contributed by atoms with E-state index in [1.807, 2.05) is 66.4 Å². The fraction of sp³-hybridized carbons (Fsp3) is 0.273. The van der Waals surface area contributed by atoms with Crippen LogP contribution in [0.1, 0.15) is 29.3 Å². The Kier molecular flexibility index (Phi) is 8.10. The predicted molar refractivity (Wildman–Crippen MR) is 106 cm³/mol. The molecule has 0 fully saturated rings. The molecule has 0 atom stereocenters. The molecule has 0 aliphatic carbocycles. The second-order valence-corrected chi connectivity index (χ2v) is 5.93. The van der Waals surface area contributed by atoms with Crippen molar-refractivity contribution in [2.45, 2.75) is 13.3 Å². The first-order valence-electron chi connectivity index (χ1n) is 8.97. The molecule has 27 heavy (non-hydrogen) atoms. The maximum Gasteiger partial charge on any atom is 0.330 e. The van der Waals surface area contributed by atoms with Crippen LogP contribution in [0.25, 0.3) is 6.08 Å². The molecule has 2 rings (SSSR count).